The molecule has 2 heterocycles. The Balaban J connectivity index is 1.50. The Kier molecular flexibility index (Phi) is 4.82. The number of carbonyl (C=O) groups excluding carboxylic acids is 2. The minimum absolute atomic E-state index is 0.0743. The van der Waals surface area contributed by atoms with Crippen LogP contribution in [-0.2, 0) is 16.1 Å². The Morgan fingerprint density at radius 2 is 2.09 bits per heavy atom. The van der Waals surface area contributed by atoms with Crippen LogP contribution >= 0.6 is 27.3 Å². The molecule has 0 saturated carbocycles. The first-order valence-corrected chi connectivity index (χ1v) is 8.36. The Hall–Kier alpha value is -2.06. The number of halogens is 1. The molecule has 1 aromatic heterocycles. The van der Waals surface area contributed by atoms with Crippen molar-refractivity contribution in [3.63, 3.8) is 0 Å². The first kappa shape index (κ1) is 15.8. The molecule has 23 heavy (non-hydrogen) atoms. The molecule has 0 unspecified atom stereocenters. The highest BCUT2D eigenvalue weighted by atomic mass is 79.9. The molecule has 1 aromatic carbocycles. The highest BCUT2D eigenvalue weighted by Gasteiger charge is 2.17. The number of amides is 1. The van der Waals surface area contributed by atoms with Gasteiger partial charge in [0, 0.05) is 10.0 Å². The average molecular weight is 398 g/mol. The van der Waals surface area contributed by atoms with Crippen LogP contribution in [0.1, 0.15) is 15.2 Å². The predicted octanol–water partition coefficient (Wildman–Crippen LogP) is 2.71. The number of hydrogen-bond acceptors (Lipinski definition) is 6. The van der Waals surface area contributed by atoms with E-state index in [4.69, 9.17) is 14.2 Å². The Morgan fingerprint density at radius 1 is 1.30 bits per heavy atom. The zero-order valence-electron chi connectivity index (χ0n) is 11.8. The highest BCUT2D eigenvalue weighted by Crippen LogP contribution is 2.37. The molecule has 0 fully saturated rings. The monoisotopic (exact) mass is 397 g/mol. The van der Waals surface area contributed by atoms with Gasteiger partial charge in [0.25, 0.3) is 5.91 Å². The second-order valence-electron chi connectivity index (χ2n) is 4.62. The molecular formula is C15H12BrNO5S. The van der Waals surface area contributed by atoms with E-state index in [1.165, 1.54) is 11.3 Å². The standard InChI is InChI=1S/C15H12BrNO5S/c16-10-5-12-11(21-8-22-12)4-9(10)7-20-14(18)6-17-15(19)13-2-1-3-23-13/h1-5H,6-8H2,(H,17,19). The van der Waals surface area contributed by atoms with Gasteiger partial charge in [-0.1, -0.05) is 22.0 Å². The molecule has 2 aromatic rings. The SMILES string of the molecule is O=C(CNC(=O)c1cccs1)OCc1cc2c(cc1Br)OCO2. The number of fused-ring (bicyclic) bond motifs is 1. The van der Waals surface area contributed by atoms with Crippen molar-refractivity contribution in [3.05, 3.63) is 44.6 Å². The van der Waals surface area contributed by atoms with Gasteiger partial charge in [-0.3, -0.25) is 9.59 Å². The summed E-state index contributed by atoms with van der Waals surface area (Å²) in [6.45, 7) is 0.0730. The van der Waals surface area contributed by atoms with E-state index >= 15 is 0 Å². The second-order valence-corrected chi connectivity index (χ2v) is 6.42. The lowest BCUT2D eigenvalue weighted by atomic mass is 10.2. The minimum Gasteiger partial charge on any atom is -0.459 e. The van der Waals surface area contributed by atoms with Gasteiger partial charge < -0.3 is 19.5 Å². The van der Waals surface area contributed by atoms with Crippen LogP contribution in [0.15, 0.2) is 34.1 Å². The van der Waals surface area contributed by atoms with Crippen molar-refractivity contribution in [2.75, 3.05) is 13.3 Å². The molecule has 8 heteroatoms. The largest absolute Gasteiger partial charge is 0.459 e. The van der Waals surface area contributed by atoms with Gasteiger partial charge in [0.1, 0.15) is 13.2 Å². The van der Waals surface area contributed by atoms with Crippen LogP contribution < -0.4 is 14.8 Å². The number of esters is 1. The lowest BCUT2D eigenvalue weighted by Crippen LogP contribution is -2.30. The summed E-state index contributed by atoms with van der Waals surface area (Å²) in [6.07, 6.45) is 0. The molecule has 1 aliphatic rings. The average Bonchev–Trinajstić information content (AvgIpc) is 3.21. The van der Waals surface area contributed by atoms with Crippen LogP contribution in [-0.4, -0.2) is 25.2 Å². The van der Waals surface area contributed by atoms with Crippen molar-refractivity contribution in [1.82, 2.24) is 5.32 Å². The smallest absolute Gasteiger partial charge is 0.325 e. The lowest BCUT2D eigenvalue weighted by molar-refractivity contribution is -0.143. The number of thiophene rings is 1. The highest BCUT2D eigenvalue weighted by molar-refractivity contribution is 9.10. The fourth-order valence-corrected chi connectivity index (χ4v) is 3.00. The summed E-state index contributed by atoms with van der Waals surface area (Å²) < 4.78 is 16.5. The molecule has 1 aliphatic heterocycles. The third kappa shape index (κ3) is 3.83. The maximum Gasteiger partial charge on any atom is 0.325 e. The molecule has 0 bridgehead atoms. The van der Waals surface area contributed by atoms with Crippen LogP contribution in [0, 0.1) is 0 Å². The van der Waals surface area contributed by atoms with Crippen LogP contribution in [0.2, 0.25) is 0 Å². The molecule has 0 atom stereocenters. The summed E-state index contributed by atoms with van der Waals surface area (Å²) >= 11 is 4.70. The summed E-state index contributed by atoms with van der Waals surface area (Å²) in [5.41, 5.74) is 0.757. The maximum absolute atomic E-state index is 11.7. The molecule has 1 N–H and O–H groups in total. The molecule has 0 aliphatic carbocycles. The summed E-state index contributed by atoms with van der Waals surface area (Å²) in [7, 11) is 0. The van der Waals surface area contributed by atoms with Crippen LogP contribution in [0.5, 0.6) is 11.5 Å². The Morgan fingerprint density at radius 3 is 2.83 bits per heavy atom. The number of carbonyl (C=O) groups is 2. The van der Waals surface area contributed by atoms with Crippen molar-refractivity contribution >= 4 is 39.1 Å². The molecule has 1 amide bonds. The van der Waals surface area contributed by atoms with Gasteiger partial charge in [-0.05, 0) is 23.6 Å². The van der Waals surface area contributed by atoms with E-state index in [-0.39, 0.29) is 25.9 Å². The summed E-state index contributed by atoms with van der Waals surface area (Å²) in [4.78, 5) is 24.0. The van der Waals surface area contributed by atoms with E-state index in [9.17, 15) is 9.59 Å². The van der Waals surface area contributed by atoms with Gasteiger partial charge in [-0.15, -0.1) is 11.3 Å². The molecule has 0 spiro atoms. The Labute approximate surface area is 144 Å². The van der Waals surface area contributed by atoms with Crippen LogP contribution in [0.4, 0.5) is 0 Å². The van der Waals surface area contributed by atoms with E-state index < -0.39 is 5.97 Å². The van der Waals surface area contributed by atoms with E-state index in [0.29, 0.717) is 16.4 Å². The zero-order chi connectivity index (χ0) is 16.2. The van der Waals surface area contributed by atoms with Gasteiger partial charge in [0.2, 0.25) is 6.79 Å². The fourth-order valence-electron chi connectivity index (χ4n) is 1.93. The van der Waals surface area contributed by atoms with Gasteiger partial charge in [-0.2, -0.15) is 0 Å². The molecule has 0 radical (unpaired) electrons. The maximum atomic E-state index is 11.7. The van der Waals surface area contributed by atoms with Crippen molar-refractivity contribution in [2.24, 2.45) is 0 Å². The molecule has 0 saturated heterocycles. The summed E-state index contributed by atoms with van der Waals surface area (Å²) in [6, 6.07) is 6.98. The number of benzene rings is 1. The van der Waals surface area contributed by atoms with E-state index in [1.54, 1.807) is 29.6 Å². The molecule has 6 nitrogen and oxygen atoms in total. The zero-order valence-corrected chi connectivity index (χ0v) is 14.2. The van der Waals surface area contributed by atoms with Crippen LogP contribution in [0.3, 0.4) is 0 Å². The molecule has 120 valence electrons. The number of nitrogens with one attached hydrogen (secondary N) is 1. The quantitative estimate of drug-likeness (QED) is 0.785. The van der Waals surface area contributed by atoms with Crippen molar-refractivity contribution < 1.29 is 23.8 Å². The third-order valence-electron chi connectivity index (χ3n) is 3.07. The predicted molar refractivity (Wildman–Crippen MR) is 86.7 cm³/mol. The number of hydrogen-bond donors (Lipinski definition) is 1. The second kappa shape index (κ2) is 7.01. The number of rotatable bonds is 5. The van der Waals surface area contributed by atoms with Gasteiger partial charge >= 0.3 is 5.97 Å². The van der Waals surface area contributed by atoms with Gasteiger partial charge in [0.15, 0.2) is 11.5 Å². The van der Waals surface area contributed by atoms with E-state index in [2.05, 4.69) is 21.2 Å². The molecular weight excluding hydrogens is 386 g/mol. The lowest BCUT2D eigenvalue weighted by Gasteiger charge is -2.08. The van der Waals surface area contributed by atoms with Crippen molar-refractivity contribution in [2.45, 2.75) is 6.61 Å². The van der Waals surface area contributed by atoms with Crippen molar-refractivity contribution in [3.8, 4) is 11.5 Å². The van der Waals surface area contributed by atoms with Crippen molar-refractivity contribution in [1.29, 1.82) is 0 Å². The first-order chi connectivity index (χ1) is 11.1. The summed E-state index contributed by atoms with van der Waals surface area (Å²) in [5, 5.41) is 4.31. The van der Waals surface area contributed by atoms with Gasteiger partial charge in [0.05, 0.1) is 4.88 Å². The topological polar surface area (TPSA) is 73.9 Å². The van der Waals surface area contributed by atoms with E-state index in [1.807, 2.05) is 0 Å². The Bertz CT molecular complexity index is 732. The third-order valence-corrected chi connectivity index (χ3v) is 4.68. The van der Waals surface area contributed by atoms with Gasteiger partial charge in [-0.25, -0.2) is 0 Å². The minimum atomic E-state index is -0.514. The normalized spacial score (nSPS) is 12.0. The first-order valence-electron chi connectivity index (χ1n) is 6.69. The van der Waals surface area contributed by atoms with Crippen LogP contribution in [0.25, 0.3) is 0 Å². The fraction of sp³-hybridized carbons (Fsp3) is 0.200. The number of ether oxygens (including phenoxy) is 3. The summed E-state index contributed by atoms with van der Waals surface area (Å²) in [5.74, 6) is 0.459. The molecule has 3 rings (SSSR count). The van der Waals surface area contributed by atoms with E-state index in [0.717, 1.165) is 10.0 Å².